The van der Waals surface area contributed by atoms with Gasteiger partial charge in [0, 0.05) is 24.7 Å². The van der Waals surface area contributed by atoms with E-state index in [1.54, 1.807) is 6.26 Å². The van der Waals surface area contributed by atoms with Gasteiger partial charge >= 0.3 is 0 Å². The molecule has 0 bridgehead atoms. The molecule has 0 aliphatic heterocycles. The van der Waals surface area contributed by atoms with Crippen molar-refractivity contribution in [3.05, 3.63) is 59.6 Å². The Kier molecular flexibility index (Phi) is 3.81. The summed E-state index contributed by atoms with van der Waals surface area (Å²) in [6.45, 7) is 3.83. The lowest BCUT2D eigenvalue weighted by atomic mass is 10.2. The predicted octanol–water partition coefficient (Wildman–Crippen LogP) is 4.24. The molecule has 0 spiro atoms. The van der Waals surface area contributed by atoms with Crippen molar-refractivity contribution in [2.75, 3.05) is 6.54 Å². The zero-order chi connectivity index (χ0) is 13.9. The maximum Gasteiger partial charge on any atom is 0.120 e. The van der Waals surface area contributed by atoms with Gasteiger partial charge in [0.15, 0.2) is 0 Å². The average molecular weight is 289 g/mol. The Morgan fingerprint density at radius 1 is 1.25 bits per heavy atom. The molecule has 0 saturated heterocycles. The first-order chi connectivity index (χ1) is 9.75. The molecule has 2 heterocycles. The van der Waals surface area contributed by atoms with Gasteiger partial charge in [-0.3, -0.25) is 0 Å². The molecule has 0 saturated carbocycles. The van der Waals surface area contributed by atoms with E-state index in [1.165, 1.54) is 5.39 Å². The number of nitrogens with one attached hydrogen (secondary N) is 1. The predicted molar refractivity (Wildman–Crippen MR) is 82.1 cm³/mol. The monoisotopic (exact) mass is 288 g/mol. The van der Waals surface area contributed by atoms with Gasteiger partial charge in [0.1, 0.15) is 5.76 Å². The highest BCUT2D eigenvalue weighted by molar-refractivity contribution is 6.35. The summed E-state index contributed by atoms with van der Waals surface area (Å²) in [7, 11) is 0. The SMILES string of the molecule is CC(NCCn1ccc2cccc(Cl)c21)c1ccco1. The summed E-state index contributed by atoms with van der Waals surface area (Å²) in [5.41, 5.74) is 1.10. The third-order valence-electron chi connectivity index (χ3n) is 3.51. The summed E-state index contributed by atoms with van der Waals surface area (Å²) in [6.07, 6.45) is 3.78. The molecular formula is C16H17ClN2O. The van der Waals surface area contributed by atoms with E-state index < -0.39 is 0 Å². The molecule has 1 unspecified atom stereocenters. The Morgan fingerprint density at radius 2 is 2.15 bits per heavy atom. The van der Waals surface area contributed by atoms with Crippen molar-refractivity contribution >= 4 is 22.5 Å². The summed E-state index contributed by atoms with van der Waals surface area (Å²) in [6, 6.07) is 12.2. The molecule has 2 aromatic heterocycles. The van der Waals surface area contributed by atoms with Crippen LogP contribution in [-0.4, -0.2) is 11.1 Å². The van der Waals surface area contributed by atoms with Crippen LogP contribution in [0, 0.1) is 0 Å². The maximum absolute atomic E-state index is 6.27. The fourth-order valence-electron chi connectivity index (χ4n) is 2.44. The maximum atomic E-state index is 6.27. The van der Waals surface area contributed by atoms with E-state index in [9.17, 15) is 0 Å². The van der Waals surface area contributed by atoms with Crippen LogP contribution in [0.2, 0.25) is 5.02 Å². The highest BCUT2D eigenvalue weighted by Crippen LogP contribution is 2.24. The van der Waals surface area contributed by atoms with Gasteiger partial charge in [-0.15, -0.1) is 0 Å². The molecule has 4 heteroatoms. The normalized spacial score (nSPS) is 12.9. The minimum Gasteiger partial charge on any atom is -0.468 e. The number of hydrogen-bond acceptors (Lipinski definition) is 2. The van der Waals surface area contributed by atoms with Crippen molar-refractivity contribution in [1.29, 1.82) is 0 Å². The minimum absolute atomic E-state index is 0.210. The number of fused-ring (bicyclic) bond motifs is 1. The second-order valence-electron chi connectivity index (χ2n) is 4.88. The fourth-order valence-corrected chi connectivity index (χ4v) is 2.73. The van der Waals surface area contributed by atoms with Crippen molar-refractivity contribution in [3.63, 3.8) is 0 Å². The zero-order valence-electron chi connectivity index (χ0n) is 11.3. The number of aromatic nitrogens is 1. The summed E-state index contributed by atoms with van der Waals surface area (Å²) in [5, 5.41) is 5.42. The van der Waals surface area contributed by atoms with Crippen molar-refractivity contribution in [1.82, 2.24) is 9.88 Å². The second kappa shape index (κ2) is 5.73. The number of nitrogens with zero attached hydrogens (tertiary/aromatic N) is 1. The molecular weight excluding hydrogens is 272 g/mol. The van der Waals surface area contributed by atoms with E-state index in [0.717, 1.165) is 29.4 Å². The Labute approximate surface area is 123 Å². The first-order valence-electron chi connectivity index (χ1n) is 6.76. The van der Waals surface area contributed by atoms with Crippen LogP contribution in [0.15, 0.2) is 53.3 Å². The van der Waals surface area contributed by atoms with Crippen molar-refractivity contribution in [2.24, 2.45) is 0 Å². The Hall–Kier alpha value is -1.71. The van der Waals surface area contributed by atoms with Gasteiger partial charge < -0.3 is 14.3 Å². The van der Waals surface area contributed by atoms with Crippen LogP contribution >= 0.6 is 11.6 Å². The fraction of sp³-hybridized carbons (Fsp3) is 0.250. The van der Waals surface area contributed by atoms with E-state index in [4.69, 9.17) is 16.0 Å². The third kappa shape index (κ3) is 2.60. The Morgan fingerprint density at radius 3 is 2.95 bits per heavy atom. The molecule has 0 radical (unpaired) electrons. The number of rotatable bonds is 5. The van der Waals surface area contributed by atoms with Gasteiger partial charge in [-0.2, -0.15) is 0 Å². The minimum atomic E-state index is 0.210. The molecule has 3 rings (SSSR count). The Bertz CT molecular complexity index is 688. The van der Waals surface area contributed by atoms with Gasteiger partial charge in [-0.05, 0) is 31.2 Å². The molecule has 0 aliphatic rings. The molecule has 1 N–H and O–H groups in total. The quantitative estimate of drug-likeness (QED) is 0.761. The second-order valence-corrected chi connectivity index (χ2v) is 5.29. The number of halogens is 1. The van der Waals surface area contributed by atoms with E-state index in [2.05, 4.69) is 35.1 Å². The number of hydrogen-bond donors (Lipinski definition) is 1. The Balaban J connectivity index is 1.66. The van der Waals surface area contributed by atoms with Crippen molar-refractivity contribution in [3.8, 4) is 0 Å². The smallest absolute Gasteiger partial charge is 0.120 e. The molecule has 0 fully saturated rings. The highest BCUT2D eigenvalue weighted by Gasteiger charge is 2.08. The number of furan rings is 1. The van der Waals surface area contributed by atoms with Crippen LogP contribution < -0.4 is 5.32 Å². The van der Waals surface area contributed by atoms with Gasteiger partial charge in [0.05, 0.1) is 22.8 Å². The summed E-state index contributed by atoms with van der Waals surface area (Å²) in [4.78, 5) is 0. The van der Waals surface area contributed by atoms with E-state index in [-0.39, 0.29) is 6.04 Å². The molecule has 20 heavy (non-hydrogen) atoms. The largest absolute Gasteiger partial charge is 0.468 e. The van der Waals surface area contributed by atoms with E-state index in [1.807, 2.05) is 24.3 Å². The van der Waals surface area contributed by atoms with Crippen LogP contribution in [0.5, 0.6) is 0 Å². The van der Waals surface area contributed by atoms with Gasteiger partial charge in [0.25, 0.3) is 0 Å². The van der Waals surface area contributed by atoms with Gasteiger partial charge in [0.2, 0.25) is 0 Å². The molecule has 104 valence electrons. The lowest BCUT2D eigenvalue weighted by Gasteiger charge is -2.12. The molecule has 3 aromatic rings. The zero-order valence-corrected chi connectivity index (χ0v) is 12.1. The summed E-state index contributed by atoms with van der Waals surface area (Å²) < 4.78 is 7.56. The van der Waals surface area contributed by atoms with Crippen molar-refractivity contribution < 1.29 is 4.42 Å². The molecule has 3 nitrogen and oxygen atoms in total. The van der Waals surface area contributed by atoms with Crippen LogP contribution in [0.25, 0.3) is 10.9 Å². The molecule has 0 aliphatic carbocycles. The van der Waals surface area contributed by atoms with Crippen molar-refractivity contribution in [2.45, 2.75) is 19.5 Å². The molecule has 0 amide bonds. The average Bonchev–Trinajstić information content (AvgIpc) is 3.08. The summed E-state index contributed by atoms with van der Waals surface area (Å²) >= 11 is 6.27. The summed E-state index contributed by atoms with van der Waals surface area (Å²) in [5.74, 6) is 0.959. The van der Waals surface area contributed by atoms with Gasteiger partial charge in [-0.25, -0.2) is 0 Å². The third-order valence-corrected chi connectivity index (χ3v) is 3.82. The van der Waals surface area contributed by atoms with Crippen LogP contribution in [0.4, 0.5) is 0 Å². The number of para-hydroxylation sites is 1. The standard InChI is InChI=1S/C16H17ClN2O/c1-12(15-6-3-11-20-15)18-8-10-19-9-7-13-4-2-5-14(17)16(13)19/h2-7,9,11-12,18H,8,10H2,1H3. The molecule has 1 atom stereocenters. The number of benzene rings is 1. The first kappa shape index (κ1) is 13.3. The molecule has 1 aromatic carbocycles. The van der Waals surface area contributed by atoms with Crippen LogP contribution in [0.3, 0.4) is 0 Å². The first-order valence-corrected chi connectivity index (χ1v) is 7.13. The van der Waals surface area contributed by atoms with E-state index in [0.29, 0.717) is 0 Å². The topological polar surface area (TPSA) is 30.1 Å². The lowest BCUT2D eigenvalue weighted by Crippen LogP contribution is -2.22. The van der Waals surface area contributed by atoms with E-state index >= 15 is 0 Å². The van der Waals surface area contributed by atoms with Crippen LogP contribution in [-0.2, 0) is 6.54 Å². The van der Waals surface area contributed by atoms with Gasteiger partial charge in [-0.1, -0.05) is 23.7 Å². The lowest BCUT2D eigenvalue weighted by molar-refractivity contribution is 0.425. The highest BCUT2D eigenvalue weighted by atomic mass is 35.5. The van der Waals surface area contributed by atoms with Crippen LogP contribution in [0.1, 0.15) is 18.7 Å².